The lowest BCUT2D eigenvalue weighted by molar-refractivity contribution is -0.118. The summed E-state index contributed by atoms with van der Waals surface area (Å²) in [6.45, 7) is 2.33. The van der Waals surface area contributed by atoms with E-state index in [1.165, 1.54) is 0 Å². The van der Waals surface area contributed by atoms with Crippen molar-refractivity contribution >= 4 is 29.3 Å². The van der Waals surface area contributed by atoms with Gasteiger partial charge in [0.25, 0.3) is 0 Å². The minimum absolute atomic E-state index is 0. The Morgan fingerprint density at radius 3 is 1.76 bits per heavy atom. The first-order chi connectivity index (χ1) is 15.6. The van der Waals surface area contributed by atoms with E-state index >= 15 is 0 Å². The quantitative estimate of drug-likeness (QED) is 0.384. The molecule has 0 saturated carbocycles. The van der Waals surface area contributed by atoms with Gasteiger partial charge in [0.05, 0.1) is 11.5 Å². The summed E-state index contributed by atoms with van der Waals surface area (Å²) < 4.78 is 0. The first-order valence-electron chi connectivity index (χ1n) is 11.1. The smallest absolute Gasteiger partial charge is 0.232 e. The van der Waals surface area contributed by atoms with Gasteiger partial charge >= 0.3 is 0 Å². The Labute approximate surface area is 207 Å². The summed E-state index contributed by atoms with van der Waals surface area (Å²) in [6.07, 6.45) is 2.07. The molecule has 0 atom stereocenters. The number of likely N-dealkylation sites (tertiary alicyclic amines) is 1. The minimum Gasteiger partial charge on any atom is -0.303 e. The van der Waals surface area contributed by atoms with Gasteiger partial charge < -0.3 is 4.90 Å². The number of halogens is 2. The number of benzene rings is 3. The molecule has 1 saturated heterocycles. The van der Waals surface area contributed by atoms with Gasteiger partial charge in [0.1, 0.15) is 5.41 Å². The number of nitrogens with zero attached hydrogens (tertiary/aromatic N) is 2. The monoisotopic (exact) mass is 478 g/mol. The van der Waals surface area contributed by atoms with E-state index < -0.39 is 10.8 Å². The van der Waals surface area contributed by atoms with Crippen LogP contribution < -0.4 is 0 Å². The lowest BCUT2D eigenvalue weighted by Gasteiger charge is -2.40. The molecule has 0 spiro atoms. The fraction of sp³-hybridized carbons (Fsp3) is 0.286. The number of hydrogen-bond acceptors (Lipinski definition) is 3. The molecule has 1 aliphatic rings. The summed E-state index contributed by atoms with van der Waals surface area (Å²) in [5.41, 5.74) is 1.70. The summed E-state index contributed by atoms with van der Waals surface area (Å²) in [5, 5.41) is 10.1. The molecule has 170 valence electrons. The molecular weight excluding hydrogens is 451 g/mol. The molecule has 0 aromatic heterocycles. The lowest BCUT2D eigenvalue weighted by atomic mass is 9.72. The van der Waals surface area contributed by atoms with Gasteiger partial charge in [-0.15, -0.1) is 12.4 Å². The van der Waals surface area contributed by atoms with Crippen molar-refractivity contribution in [3.63, 3.8) is 0 Å². The van der Waals surface area contributed by atoms with Crippen LogP contribution in [-0.4, -0.2) is 29.8 Å². The van der Waals surface area contributed by atoms with Crippen LogP contribution in [0.5, 0.6) is 0 Å². The number of piperidine rings is 1. The Balaban J connectivity index is 0.00000306. The summed E-state index contributed by atoms with van der Waals surface area (Å²) in [4.78, 5) is 14.8. The molecule has 0 radical (unpaired) electrons. The van der Waals surface area contributed by atoms with Crippen molar-refractivity contribution in [2.75, 3.05) is 19.6 Å². The molecule has 33 heavy (non-hydrogen) atoms. The zero-order chi connectivity index (χ0) is 22.4. The average Bonchev–Trinajstić information content (AvgIpc) is 2.87. The molecule has 0 bridgehead atoms. The SMILES string of the molecule is Cl.N#CC(CCN1CCC(C(=O)Cl)(c2ccccc2)CC1)(c1ccccc1)c1ccccc1. The van der Waals surface area contributed by atoms with Crippen molar-refractivity contribution < 1.29 is 4.79 Å². The molecule has 1 heterocycles. The maximum absolute atomic E-state index is 12.5. The molecule has 3 nitrogen and oxygen atoms in total. The highest BCUT2D eigenvalue weighted by molar-refractivity contribution is 6.65. The van der Waals surface area contributed by atoms with E-state index in [-0.39, 0.29) is 17.6 Å². The van der Waals surface area contributed by atoms with Gasteiger partial charge in [-0.05, 0) is 60.6 Å². The van der Waals surface area contributed by atoms with E-state index in [0.29, 0.717) is 19.3 Å². The predicted octanol–water partition coefficient (Wildman–Crippen LogP) is 6.11. The van der Waals surface area contributed by atoms with E-state index in [4.69, 9.17) is 11.6 Å². The molecule has 0 unspecified atom stereocenters. The Hall–Kier alpha value is -2.64. The van der Waals surface area contributed by atoms with Gasteiger partial charge in [0, 0.05) is 6.54 Å². The van der Waals surface area contributed by atoms with Crippen molar-refractivity contribution in [2.24, 2.45) is 0 Å². The Morgan fingerprint density at radius 1 is 0.879 bits per heavy atom. The summed E-state index contributed by atoms with van der Waals surface area (Å²) in [7, 11) is 0. The average molecular weight is 479 g/mol. The normalized spacial score (nSPS) is 15.8. The third-order valence-corrected chi connectivity index (χ3v) is 7.30. The van der Waals surface area contributed by atoms with Crippen LogP contribution in [0.15, 0.2) is 91.0 Å². The van der Waals surface area contributed by atoms with Crippen LogP contribution in [0, 0.1) is 11.3 Å². The van der Waals surface area contributed by atoms with Crippen molar-refractivity contribution in [3.05, 3.63) is 108 Å². The summed E-state index contributed by atoms with van der Waals surface area (Å²) >= 11 is 6.13. The lowest BCUT2D eigenvalue weighted by Crippen LogP contribution is -2.47. The van der Waals surface area contributed by atoms with Crippen LogP contribution in [-0.2, 0) is 15.6 Å². The van der Waals surface area contributed by atoms with Gasteiger partial charge in [0.2, 0.25) is 5.24 Å². The zero-order valence-corrected chi connectivity index (χ0v) is 20.1. The Morgan fingerprint density at radius 2 is 1.33 bits per heavy atom. The Bertz CT molecular complexity index is 1030. The maximum Gasteiger partial charge on any atom is 0.232 e. The fourth-order valence-electron chi connectivity index (χ4n) is 4.93. The van der Waals surface area contributed by atoms with Crippen LogP contribution in [0.4, 0.5) is 0 Å². The molecule has 1 fully saturated rings. The van der Waals surface area contributed by atoms with Crippen molar-refractivity contribution in [2.45, 2.75) is 30.1 Å². The molecule has 0 N–H and O–H groups in total. The fourth-order valence-corrected chi connectivity index (χ4v) is 5.22. The number of carbonyl (C=O) groups is 1. The maximum atomic E-state index is 12.5. The van der Waals surface area contributed by atoms with E-state index in [2.05, 4.69) is 11.0 Å². The highest BCUT2D eigenvalue weighted by atomic mass is 35.5. The highest BCUT2D eigenvalue weighted by Crippen LogP contribution is 2.39. The van der Waals surface area contributed by atoms with Crippen LogP contribution in [0.25, 0.3) is 0 Å². The van der Waals surface area contributed by atoms with Crippen LogP contribution in [0.1, 0.15) is 36.0 Å². The summed E-state index contributed by atoms with van der Waals surface area (Å²) in [6, 6.07) is 32.6. The molecule has 5 heteroatoms. The van der Waals surface area contributed by atoms with Gasteiger partial charge in [-0.1, -0.05) is 91.0 Å². The largest absolute Gasteiger partial charge is 0.303 e. The first-order valence-corrected chi connectivity index (χ1v) is 11.5. The van der Waals surface area contributed by atoms with Crippen LogP contribution in [0.2, 0.25) is 0 Å². The Kier molecular flexibility index (Phi) is 8.32. The van der Waals surface area contributed by atoms with Crippen molar-refractivity contribution in [1.82, 2.24) is 4.90 Å². The van der Waals surface area contributed by atoms with Crippen molar-refractivity contribution in [1.29, 1.82) is 5.26 Å². The molecular formula is C28H28Cl2N2O. The summed E-state index contributed by atoms with van der Waals surface area (Å²) in [5.74, 6) is 0. The van der Waals surface area contributed by atoms with Gasteiger partial charge in [-0.25, -0.2) is 0 Å². The van der Waals surface area contributed by atoms with E-state index in [9.17, 15) is 10.1 Å². The van der Waals surface area contributed by atoms with E-state index in [1.54, 1.807) is 0 Å². The second-order valence-electron chi connectivity index (χ2n) is 8.56. The van der Waals surface area contributed by atoms with Crippen LogP contribution >= 0.6 is 24.0 Å². The predicted molar refractivity (Wildman–Crippen MR) is 136 cm³/mol. The topological polar surface area (TPSA) is 44.1 Å². The van der Waals surface area contributed by atoms with E-state index in [1.807, 2.05) is 91.0 Å². The second-order valence-corrected chi connectivity index (χ2v) is 8.91. The zero-order valence-electron chi connectivity index (χ0n) is 18.5. The molecule has 0 amide bonds. The molecule has 1 aliphatic heterocycles. The number of hydrogen-bond donors (Lipinski definition) is 0. The highest BCUT2D eigenvalue weighted by Gasteiger charge is 2.42. The number of nitriles is 1. The van der Waals surface area contributed by atoms with Crippen LogP contribution in [0.3, 0.4) is 0 Å². The molecule has 3 aromatic rings. The minimum atomic E-state index is -0.710. The molecule has 0 aliphatic carbocycles. The number of rotatable bonds is 7. The molecule has 3 aromatic carbocycles. The third kappa shape index (κ3) is 4.99. The standard InChI is InChI=1S/C28H27ClN2O.ClH/c29-26(32)27(23-10-4-1-5-11-23)16-19-31(20-17-27)21-18-28(22-30,24-12-6-2-7-13-24)25-14-8-3-9-15-25;/h1-15H,16-21H2;1H. The molecule has 4 rings (SSSR count). The van der Waals surface area contributed by atoms with Crippen molar-refractivity contribution in [3.8, 4) is 6.07 Å². The first kappa shape index (κ1) is 25.0. The van der Waals surface area contributed by atoms with Gasteiger partial charge in [-0.3, -0.25) is 4.79 Å². The number of carbonyl (C=O) groups excluding carboxylic acids is 1. The van der Waals surface area contributed by atoms with Gasteiger partial charge in [-0.2, -0.15) is 5.26 Å². The third-order valence-electron chi connectivity index (χ3n) is 6.94. The van der Waals surface area contributed by atoms with Gasteiger partial charge in [0.15, 0.2) is 0 Å². The van der Waals surface area contributed by atoms with E-state index in [0.717, 1.165) is 36.3 Å². The second kappa shape index (κ2) is 11.0.